The van der Waals surface area contributed by atoms with Crippen LogP contribution >= 0.6 is 0 Å². The number of carbonyl (C=O) groups is 1. The average molecular weight is 168 g/mol. The predicted octanol–water partition coefficient (Wildman–Crippen LogP) is 1.46. The fraction of sp³-hybridized carbons (Fsp3) is 0.556. The summed E-state index contributed by atoms with van der Waals surface area (Å²) in [7, 11) is 1.76. The molecule has 0 aromatic rings. The summed E-state index contributed by atoms with van der Waals surface area (Å²) < 4.78 is 0. The van der Waals surface area contributed by atoms with Crippen molar-refractivity contribution in [3.8, 4) is 0 Å². The highest BCUT2D eigenvalue weighted by molar-refractivity contribution is 5.72. The predicted molar refractivity (Wildman–Crippen MR) is 51.2 cm³/mol. The van der Waals surface area contributed by atoms with Gasteiger partial charge in [0.2, 0.25) is 5.91 Å². The Labute approximate surface area is 73.8 Å². The van der Waals surface area contributed by atoms with E-state index in [0.29, 0.717) is 6.54 Å². The lowest BCUT2D eigenvalue weighted by molar-refractivity contribution is -0.127. The quantitative estimate of drug-likeness (QED) is 0.585. The first kappa shape index (κ1) is 10.9. The minimum atomic E-state index is 0.0686. The van der Waals surface area contributed by atoms with Crippen molar-refractivity contribution >= 4 is 12.1 Å². The third-order valence-corrected chi connectivity index (χ3v) is 1.40. The summed E-state index contributed by atoms with van der Waals surface area (Å²) in [4.78, 5) is 16.3. The van der Waals surface area contributed by atoms with Crippen molar-refractivity contribution in [3.63, 3.8) is 0 Å². The van der Waals surface area contributed by atoms with Crippen LogP contribution in [-0.4, -0.2) is 30.6 Å². The summed E-state index contributed by atoms with van der Waals surface area (Å²) in [5.74, 6) is 0.0686. The first-order valence-corrected chi connectivity index (χ1v) is 4.06. The first-order valence-electron chi connectivity index (χ1n) is 4.06. The molecular formula is C9H16N2O. The van der Waals surface area contributed by atoms with Gasteiger partial charge in [-0.1, -0.05) is 6.92 Å². The molecule has 0 saturated carbocycles. The molecule has 0 heterocycles. The number of nitrogens with zero attached hydrogens (tertiary/aromatic N) is 2. The zero-order valence-corrected chi connectivity index (χ0v) is 7.95. The second-order valence-electron chi connectivity index (χ2n) is 2.52. The second-order valence-corrected chi connectivity index (χ2v) is 2.52. The van der Waals surface area contributed by atoms with E-state index in [1.165, 1.54) is 0 Å². The molecule has 68 valence electrons. The van der Waals surface area contributed by atoms with Crippen molar-refractivity contribution in [2.75, 3.05) is 13.6 Å². The molecular weight excluding hydrogens is 152 g/mol. The van der Waals surface area contributed by atoms with Gasteiger partial charge in [-0.2, -0.15) is 0 Å². The Morgan fingerprint density at radius 2 is 2.25 bits per heavy atom. The van der Waals surface area contributed by atoms with Crippen LogP contribution in [0.5, 0.6) is 0 Å². The molecule has 0 aliphatic carbocycles. The fourth-order valence-electron chi connectivity index (χ4n) is 0.561. The highest BCUT2D eigenvalue weighted by Gasteiger charge is 1.96. The first-order chi connectivity index (χ1) is 5.68. The number of hydrogen-bond donors (Lipinski definition) is 0. The van der Waals surface area contributed by atoms with Crippen LogP contribution in [0.4, 0.5) is 0 Å². The molecule has 0 fully saturated rings. The zero-order valence-electron chi connectivity index (χ0n) is 7.95. The van der Waals surface area contributed by atoms with Gasteiger partial charge in [0, 0.05) is 32.9 Å². The molecule has 0 bridgehead atoms. The van der Waals surface area contributed by atoms with Crippen molar-refractivity contribution in [2.45, 2.75) is 20.3 Å². The highest BCUT2D eigenvalue weighted by atomic mass is 16.2. The Balaban J connectivity index is 3.60. The Hall–Kier alpha value is -1.12. The van der Waals surface area contributed by atoms with Gasteiger partial charge < -0.3 is 4.90 Å². The molecule has 0 saturated heterocycles. The van der Waals surface area contributed by atoms with Crippen LogP contribution in [0.1, 0.15) is 20.3 Å². The number of rotatable bonds is 4. The number of hydrogen-bond acceptors (Lipinski definition) is 2. The second kappa shape index (κ2) is 6.58. The van der Waals surface area contributed by atoms with Crippen molar-refractivity contribution in [1.29, 1.82) is 0 Å². The summed E-state index contributed by atoms with van der Waals surface area (Å²) >= 11 is 0. The van der Waals surface area contributed by atoms with Gasteiger partial charge in [0.25, 0.3) is 0 Å². The normalized spacial score (nSPS) is 11.2. The van der Waals surface area contributed by atoms with Gasteiger partial charge in [-0.25, -0.2) is 0 Å². The summed E-state index contributed by atoms with van der Waals surface area (Å²) in [5.41, 5.74) is 0. The lowest BCUT2D eigenvalue weighted by Crippen LogP contribution is -2.23. The number of likely N-dealkylation sites (N-methyl/N-ethyl adjacent to an activating group) is 1. The summed E-state index contributed by atoms with van der Waals surface area (Å²) in [6.45, 7) is 4.19. The van der Waals surface area contributed by atoms with Crippen LogP contribution in [0.2, 0.25) is 0 Å². The summed E-state index contributed by atoms with van der Waals surface area (Å²) in [6, 6.07) is 0. The smallest absolute Gasteiger partial charge is 0.219 e. The topological polar surface area (TPSA) is 32.7 Å². The van der Waals surface area contributed by atoms with E-state index >= 15 is 0 Å². The molecule has 3 nitrogen and oxygen atoms in total. The monoisotopic (exact) mass is 168 g/mol. The standard InChI is InChI=1S/C9H16N2O/c1-4-6-10-7-5-8-11(3)9(2)12/h5-7H,4,8H2,1-3H3/b7-5+,10-6?. The minimum absolute atomic E-state index is 0.0686. The van der Waals surface area contributed by atoms with Gasteiger partial charge in [0.05, 0.1) is 0 Å². The Morgan fingerprint density at radius 3 is 2.75 bits per heavy atom. The lowest BCUT2D eigenvalue weighted by atomic mass is 10.5. The average Bonchev–Trinajstić information content (AvgIpc) is 2.03. The summed E-state index contributed by atoms with van der Waals surface area (Å²) in [6.07, 6.45) is 6.33. The summed E-state index contributed by atoms with van der Waals surface area (Å²) in [5, 5.41) is 0. The van der Waals surface area contributed by atoms with Crippen LogP contribution in [0.3, 0.4) is 0 Å². The maximum Gasteiger partial charge on any atom is 0.219 e. The minimum Gasteiger partial charge on any atom is -0.342 e. The Bertz CT molecular complexity index is 185. The van der Waals surface area contributed by atoms with Gasteiger partial charge in [-0.15, -0.1) is 0 Å². The Kier molecular flexibility index (Phi) is 5.97. The van der Waals surface area contributed by atoms with Crippen molar-refractivity contribution in [1.82, 2.24) is 4.90 Å². The third kappa shape index (κ3) is 5.65. The largest absolute Gasteiger partial charge is 0.342 e. The maximum absolute atomic E-state index is 10.7. The molecule has 1 amide bonds. The van der Waals surface area contributed by atoms with Crippen LogP contribution in [0.25, 0.3) is 0 Å². The van der Waals surface area contributed by atoms with Crippen LogP contribution in [0.15, 0.2) is 17.3 Å². The zero-order chi connectivity index (χ0) is 9.40. The van der Waals surface area contributed by atoms with Crippen LogP contribution in [-0.2, 0) is 4.79 Å². The van der Waals surface area contributed by atoms with Gasteiger partial charge >= 0.3 is 0 Å². The van der Waals surface area contributed by atoms with Crippen LogP contribution in [0, 0.1) is 0 Å². The number of amides is 1. The third-order valence-electron chi connectivity index (χ3n) is 1.40. The van der Waals surface area contributed by atoms with Crippen molar-refractivity contribution in [2.24, 2.45) is 4.99 Å². The molecule has 0 aromatic carbocycles. The van der Waals surface area contributed by atoms with Crippen LogP contribution < -0.4 is 0 Å². The number of aliphatic imine (C=N–C) groups is 1. The molecule has 0 rings (SSSR count). The SMILES string of the molecule is CCC=N/C=C/CN(C)C(C)=O. The molecule has 12 heavy (non-hydrogen) atoms. The molecule has 0 aliphatic heterocycles. The van der Waals surface area contributed by atoms with E-state index < -0.39 is 0 Å². The molecule has 0 spiro atoms. The molecule has 0 N–H and O–H groups in total. The molecule has 0 radical (unpaired) electrons. The van der Waals surface area contributed by atoms with Crippen molar-refractivity contribution < 1.29 is 4.79 Å². The van der Waals surface area contributed by atoms with Gasteiger partial charge in [-0.3, -0.25) is 9.79 Å². The highest BCUT2D eigenvalue weighted by Crippen LogP contribution is 1.84. The van der Waals surface area contributed by atoms with E-state index in [1.54, 1.807) is 25.1 Å². The van der Waals surface area contributed by atoms with Gasteiger partial charge in [0.1, 0.15) is 0 Å². The van der Waals surface area contributed by atoms with Crippen molar-refractivity contribution in [3.05, 3.63) is 12.3 Å². The fourth-order valence-corrected chi connectivity index (χ4v) is 0.561. The molecule has 3 heteroatoms. The van der Waals surface area contributed by atoms with Gasteiger partial charge in [-0.05, 0) is 12.5 Å². The lowest BCUT2D eigenvalue weighted by Gasteiger charge is -2.10. The van der Waals surface area contributed by atoms with E-state index in [1.807, 2.05) is 19.2 Å². The number of carbonyl (C=O) groups excluding carboxylic acids is 1. The van der Waals surface area contributed by atoms with E-state index in [0.717, 1.165) is 6.42 Å². The molecule has 0 aromatic heterocycles. The van der Waals surface area contributed by atoms with E-state index in [4.69, 9.17) is 0 Å². The molecule has 0 unspecified atom stereocenters. The Morgan fingerprint density at radius 1 is 1.58 bits per heavy atom. The molecule has 0 aliphatic rings. The van der Waals surface area contributed by atoms with E-state index in [2.05, 4.69) is 4.99 Å². The maximum atomic E-state index is 10.7. The van der Waals surface area contributed by atoms with Gasteiger partial charge in [0.15, 0.2) is 0 Å². The molecule has 0 atom stereocenters. The van der Waals surface area contributed by atoms with E-state index in [-0.39, 0.29) is 5.91 Å². The van der Waals surface area contributed by atoms with E-state index in [9.17, 15) is 4.79 Å².